The van der Waals surface area contributed by atoms with Crippen molar-refractivity contribution in [2.45, 2.75) is 39.5 Å². The highest BCUT2D eigenvalue weighted by atomic mass is 16.3. The zero-order chi connectivity index (χ0) is 10.9. The highest BCUT2D eigenvalue weighted by molar-refractivity contribution is 5.48. The molecule has 14 heavy (non-hydrogen) atoms. The van der Waals surface area contributed by atoms with Crippen LogP contribution >= 0.6 is 0 Å². The topological polar surface area (TPSA) is 40.5 Å². The molecule has 2 N–H and O–H groups in total. The minimum absolute atomic E-state index is 0.0537. The van der Waals surface area contributed by atoms with Gasteiger partial charge in [-0.05, 0) is 30.4 Å². The Labute approximate surface area is 85.2 Å². The van der Waals surface area contributed by atoms with Gasteiger partial charge in [-0.25, -0.2) is 0 Å². The lowest BCUT2D eigenvalue weighted by atomic mass is 9.79. The number of aryl methyl sites for hydroxylation is 1. The van der Waals surface area contributed by atoms with Crippen LogP contribution in [0, 0.1) is 6.92 Å². The smallest absolute Gasteiger partial charge is 0.123 e. The summed E-state index contributed by atoms with van der Waals surface area (Å²) in [6, 6.07) is 3.09. The van der Waals surface area contributed by atoms with Crippen LogP contribution in [0.2, 0.25) is 0 Å². The Morgan fingerprint density at radius 3 is 2.21 bits per heavy atom. The molecule has 0 fully saturated rings. The molecule has 0 radical (unpaired) electrons. The summed E-state index contributed by atoms with van der Waals surface area (Å²) >= 11 is 0. The number of benzene rings is 1. The minimum atomic E-state index is -0.0537. The molecule has 0 heterocycles. The number of hydrogen-bond donors (Lipinski definition) is 2. The summed E-state index contributed by atoms with van der Waals surface area (Å²) in [5.41, 5.74) is 1.81. The predicted molar refractivity (Wildman–Crippen MR) is 57.8 cm³/mol. The van der Waals surface area contributed by atoms with Crippen molar-refractivity contribution in [3.63, 3.8) is 0 Å². The van der Waals surface area contributed by atoms with Crippen LogP contribution in [0.1, 0.15) is 38.3 Å². The summed E-state index contributed by atoms with van der Waals surface area (Å²) in [5, 5.41) is 19.1. The van der Waals surface area contributed by atoms with Gasteiger partial charge in [0, 0.05) is 11.6 Å². The highest BCUT2D eigenvalue weighted by Crippen LogP contribution is 2.38. The number of rotatable bonds is 2. The van der Waals surface area contributed by atoms with E-state index in [9.17, 15) is 10.2 Å². The molecule has 0 aliphatic rings. The zero-order valence-electron chi connectivity index (χ0n) is 9.26. The second-order valence-electron chi connectivity index (χ2n) is 4.39. The molecule has 0 aliphatic carbocycles. The summed E-state index contributed by atoms with van der Waals surface area (Å²) in [5.74, 6) is 0.310. The molecule has 0 aliphatic heterocycles. The number of aromatic hydroxyl groups is 2. The van der Waals surface area contributed by atoms with Crippen LogP contribution in [0.4, 0.5) is 0 Å². The standard InChI is InChI=1S/C12H18O2/c1-5-12(3,4)11-8(2)6-9(13)7-10(11)14/h6-7,13-14H,5H2,1-4H3. The van der Waals surface area contributed by atoms with Gasteiger partial charge in [-0.1, -0.05) is 20.8 Å². The summed E-state index contributed by atoms with van der Waals surface area (Å²) < 4.78 is 0. The molecule has 0 atom stereocenters. The van der Waals surface area contributed by atoms with E-state index >= 15 is 0 Å². The molecule has 2 nitrogen and oxygen atoms in total. The highest BCUT2D eigenvalue weighted by Gasteiger charge is 2.24. The van der Waals surface area contributed by atoms with E-state index in [-0.39, 0.29) is 16.9 Å². The Morgan fingerprint density at radius 2 is 1.79 bits per heavy atom. The van der Waals surface area contributed by atoms with E-state index in [1.54, 1.807) is 6.07 Å². The van der Waals surface area contributed by atoms with Crippen LogP contribution in [0.3, 0.4) is 0 Å². The minimum Gasteiger partial charge on any atom is -0.508 e. The van der Waals surface area contributed by atoms with Gasteiger partial charge >= 0.3 is 0 Å². The van der Waals surface area contributed by atoms with E-state index < -0.39 is 0 Å². The third-order valence-corrected chi connectivity index (χ3v) is 2.86. The quantitative estimate of drug-likeness (QED) is 0.759. The molecule has 1 aromatic rings. The molecule has 1 aromatic carbocycles. The third kappa shape index (κ3) is 1.84. The molecule has 0 saturated heterocycles. The van der Waals surface area contributed by atoms with E-state index in [1.165, 1.54) is 6.07 Å². The maximum Gasteiger partial charge on any atom is 0.123 e. The monoisotopic (exact) mass is 194 g/mol. The van der Waals surface area contributed by atoms with Crippen LogP contribution < -0.4 is 0 Å². The summed E-state index contributed by atoms with van der Waals surface area (Å²) in [4.78, 5) is 0. The van der Waals surface area contributed by atoms with Crippen molar-refractivity contribution in [3.8, 4) is 11.5 Å². The summed E-state index contributed by atoms with van der Waals surface area (Å²) in [6.07, 6.45) is 0.951. The second kappa shape index (κ2) is 3.52. The first-order valence-electron chi connectivity index (χ1n) is 4.91. The Hall–Kier alpha value is -1.18. The number of phenolic OH excluding ortho intramolecular Hbond substituents is 2. The van der Waals surface area contributed by atoms with Crippen LogP contribution in [0.25, 0.3) is 0 Å². The van der Waals surface area contributed by atoms with Gasteiger partial charge in [0.25, 0.3) is 0 Å². The molecular formula is C12H18O2. The van der Waals surface area contributed by atoms with Gasteiger partial charge in [-0.2, -0.15) is 0 Å². The molecule has 0 bridgehead atoms. The first-order valence-corrected chi connectivity index (χ1v) is 4.91. The van der Waals surface area contributed by atoms with Crippen molar-refractivity contribution >= 4 is 0 Å². The zero-order valence-corrected chi connectivity index (χ0v) is 9.26. The maximum absolute atomic E-state index is 9.78. The van der Waals surface area contributed by atoms with Crippen molar-refractivity contribution in [1.82, 2.24) is 0 Å². The number of phenols is 2. The maximum atomic E-state index is 9.78. The molecule has 0 spiro atoms. The largest absolute Gasteiger partial charge is 0.508 e. The Bertz CT molecular complexity index is 317. The van der Waals surface area contributed by atoms with Crippen molar-refractivity contribution < 1.29 is 10.2 Å². The Morgan fingerprint density at radius 1 is 1.21 bits per heavy atom. The van der Waals surface area contributed by atoms with E-state index in [1.807, 2.05) is 6.92 Å². The first-order chi connectivity index (χ1) is 6.38. The average molecular weight is 194 g/mol. The van der Waals surface area contributed by atoms with E-state index in [0.29, 0.717) is 0 Å². The Kier molecular flexibility index (Phi) is 2.74. The van der Waals surface area contributed by atoms with Crippen LogP contribution in [-0.4, -0.2) is 10.2 Å². The second-order valence-corrected chi connectivity index (χ2v) is 4.39. The van der Waals surface area contributed by atoms with Crippen molar-refractivity contribution in [2.24, 2.45) is 0 Å². The predicted octanol–water partition coefficient (Wildman–Crippen LogP) is 3.09. The van der Waals surface area contributed by atoms with Gasteiger partial charge < -0.3 is 10.2 Å². The van der Waals surface area contributed by atoms with Crippen LogP contribution in [0.15, 0.2) is 12.1 Å². The fourth-order valence-electron chi connectivity index (χ4n) is 1.81. The van der Waals surface area contributed by atoms with E-state index in [0.717, 1.165) is 17.5 Å². The van der Waals surface area contributed by atoms with Crippen LogP contribution in [-0.2, 0) is 5.41 Å². The fourth-order valence-corrected chi connectivity index (χ4v) is 1.81. The Balaban J connectivity index is 3.35. The van der Waals surface area contributed by atoms with Gasteiger partial charge in [-0.3, -0.25) is 0 Å². The molecule has 0 aromatic heterocycles. The molecule has 0 amide bonds. The average Bonchev–Trinajstić information content (AvgIpc) is 2.01. The molecule has 78 valence electrons. The van der Waals surface area contributed by atoms with E-state index in [2.05, 4.69) is 20.8 Å². The van der Waals surface area contributed by atoms with Gasteiger partial charge in [0.05, 0.1) is 0 Å². The molecule has 1 rings (SSSR count). The summed E-state index contributed by atoms with van der Waals surface area (Å²) in [7, 11) is 0. The SMILES string of the molecule is CCC(C)(C)c1c(C)cc(O)cc1O. The van der Waals surface area contributed by atoms with Crippen LogP contribution in [0.5, 0.6) is 11.5 Å². The van der Waals surface area contributed by atoms with Gasteiger partial charge in [0.15, 0.2) is 0 Å². The molecule has 0 unspecified atom stereocenters. The third-order valence-electron chi connectivity index (χ3n) is 2.86. The first kappa shape index (κ1) is 10.9. The fraction of sp³-hybridized carbons (Fsp3) is 0.500. The molecule has 2 heteroatoms. The van der Waals surface area contributed by atoms with Gasteiger partial charge in [-0.15, -0.1) is 0 Å². The van der Waals surface area contributed by atoms with Crippen molar-refractivity contribution in [2.75, 3.05) is 0 Å². The summed E-state index contributed by atoms with van der Waals surface area (Å²) in [6.45, 7) is 8.18. The molecule has 0 saturated carbocycles. The normalized spacial score (nSPS) is 11.7. The van der Waals surface area contributed by atoms with Gasteiger partial charge in [0.2, 0.25) is 0 Å². The number of hydrogen-bond acceptors (Lipinski definition) is 2. The van der Waals surface area contributed by atoms with E-state index in [4.69, 9.17) is 0 Å². The lowest BCUT2D eigenvalue weighted by molar-refractivity contribution is 0.416. The van der Waals surface area contributed by atoms with Crippen molar-refractivity contribution in [3.05, 3.63) is 23.3 Å². The van der Waals surface area contributed by atoms with Gasteiger partial charge in [0.1, 0.15) is 11.5 Å². The lowest BCUT2D eigenvalue weighted by Gasteiger charge is -2.26. The molecular weight excluding hydrogens is 176 g/mol. The van der Waals surface area contributed by atoms with Crippen molar-refractivity contribution in [1.29, 1.82) is 0 Å². The lowest BCUT2D eigenvalue weighted by Crippen LogP contribution is -2.17.